The van der Waals surface area contributed by atoms with Crippen LogP contribution in [0.15, 0.2) is 0 Å². The van der Waals surface area contributed by atoms with Gasteiger partial charge in [-0.15, -0.1) is 0 Å². The molecule has 1 heterocycles. The maximum atomic E-state index is 10.8. The smallest absolute Gasteiger partial charge is 0.0885 e. The molecule has 1 radical (unpaired) electrons. The van der Waals surface area contributed by atoms with Gasteiger partial charge in [-0.2, -0.15) is 0 Å². The minimum absolute atomic E-state index is 0.0247. The zero-order valence-corrected chi connectivity index (χ0v) is 8.10. The van der Waals surface area contributed by atoms with Crippen LogP contribution >= 0.6 is 0 Å². The van der Waals surface area contributed by atoms with Crippen molar-refractivity contribution < 1.29 is 5.11 Å². The van der Waals surface area contributed by atoms with Crippen molar-refractivity contribution >= 4 is 0 Å². The average Bonchev–Trinajstić information content (AvgIpc) is 2.06. The molecule has 12 heavy (non-hydrogen) atoms. The molecule has 1 rings (SSSR count). The van der Waals surface area contributed by atoms with Gasteiger partial charge in [-0.3, -0.25) is 0 Å². The highest BCUT2D eigenvalue weighted by Gasteiger charge is 2.22. The van der Waals surface area contributed by atoms with Crippen molar-refractivity contribution in [2.24, 2.45) is 5.41 Å². The molecule has 0 aliphatic carbocycles. The van der Waals surface area contributed by atoms with E-state index in [9.17, 15) is 5.11 Å². The molecular formula is C9H19N2O. The molecule has 0 aromatic carbocycles. The van der Waals surface area contributed by atoms with Crippen molar-refractivity contribution in [2.75, 3.05) is 39.3 Å². The summed E-state index contributed by atoms with van der Waals surface area (Å²) in [4.78, 5) is 2.37. The van der Waals surface area contributed by atoms with Crippen LogP contribution in [0.2, 0.25) is 0 Å². The van der Waals surface area contributed by atoms with E-state index in [0.717, 1.165) is 32.7 Å². The lowest BCUT2D eigenvalue weighted by Gasteiger charge is -2.33. The van der Waals surface area contributed by atoms with E-state index in [0.29, 0.717) is 0 Å². The van der Waals surface area contributed by atoms with Crippen molar-refractivity contribution in [1.29, 1.82) is 0 Å². The summed E-state index contributed by atoms with van der Waals surface area (Å²) in [5.41, 5.74) is -0.0582. The molecule has 0 atom stereocenters. The second-order valence-electron chi connectivity index (χ2n) is 4.33. The van der Waals surface area contributed by atoms with Crippen LogP contribution in [0.5, 0.6) is 0 Å². The van der Waals surface area contributed by atoms with Crippen LogP contribution in [0.1, 0.15) is 13.8 Å². The Morgan fingerprint density at radius 3 is 2.42 bits per heavy atom. The summed E-state index contributed by atoms with van der Waals surface area (Å²) in [6.45, 7) is 9.36. The molecular weight excluding hydrogens is 152 g/mol. The van der Waals surface area contributed by atoms with Crippen LogP contribution < -0.4 is 5.32 Å². The van der Waals surface area contributed by atoms with Crippen molar-refractivity contribution in [3.8, 4) is 0 Å². The Hall–Kier alpha value is -0.120. The van der Waals surface area contributed by atoms with E-state index in [-0.39, 0.29) is 12.0 Å². The standard InChI is InChI=1S/C9H19N2O/c1-9(2,8-12)7-11-5-3-10-4-6-11/h10H,3-8H2,1-2H3. The summed E-state index contributed by atoms with van der Waals surface area (Å²) < 4.78 is 0. The first-order chi connectivity index (χ1) is 5.64. The maximum absolute atomic E-state index is 10.8. The molecule has 0 bridgehead atoms. The van der Waals surface area contributed by atoms with Gasteiger partial charge in [0.1, 0.15) is 0 Å². The Bertz CT molecular complexity index is 130. The number of rotatable bonds is 3. The number of hydrogen-bond acceptors (Lipinski definition) is 2. The van der Waals surface area contributed by atoms with Crippen LogP contribution in [0.3, 0.4) is 0 Å². The van der Waals surface area contributed by atoms with Crippen LogP contribution in [0.4, 0.5) is 0 Å². The SMILES string of the molecule is CC(C)(C[O])CN1CCNCC1. The lowest BCUT2D eigenvalue weighted by molar-refractivity contribution is 0.0563. The lowest BCUT2D eigenvalue weighted by Crippen LogP contribution is -2.47. The van der Waals surface area contributed by atoms with E-state index in [1.807, 2.05) is 13.8 Å². The number of piperazine rings is 1. The molecule has 1 saturated heterocycles. The molecule has 71 valence electrons. The van der Waals surface area contributed by atoms with Gasteiger partial charge in [0.15, 0.2) is 0 Å². The Balaban J connectivity index is 2.28. The fourth-order valence-electron chi connectivity index (χ4n) is 1.52. The molecule has 1 aliphatic heterocycles. The largest absolute Gasteiger partial charge is 0.314 e. The molecule has 0 unspecified atom stereocenters. The third-order valence-corrected chi connectivity index (χ3v) is 2.25. The Morgan fingerprint density at radius 1 is 1.33 bits per heavy atom. The monoisotopic (exact) mass is 171 g/mol. The lowest BCUT2D eigenvalue weighted by atomic mass is 9.94. The highest BCUT2D eigenvalue weighted by molar-refractivity contribution is 4.76. The fraction of sp³-hybridized carbons (Fsp3) is 1.00. The second-order valence-corrected chi connectivity index (χ2v) is 4.33. The second kappa shape index (κ2) is 4.21. The van der Waals surface area contributed by atoms with Gasteiger partial charge in [0.2, 0.25) is 0 Å². The molecule has 0 aromatic heterocycles. The third-order valence-electron chi connectivity index (χ3n) is 2.25. The molecule has 0 aromatic rings. The number of hydrogen-bond donors (Lipinski definition) is 1. The minimum atomic E-state index is -0.0582. The number of nitrogens with zero attached hydrogens (tertiary/aromatic N) is 1. The molecule has 1 aliphatic rings. The summed E-state index contributed by atoms with van der Waals surface area (Å²) in [5.74, 6) is 0. The first-order valence-corrected chi connectivity index (χ1v) is 4.65. The third kappa shape index (κ3) is 3.09. The van der Waals surface area contributed by atoms with Crippen molar-refractivity contribution in [3.05, 3.63) is 0 Å². The van der Waals surface area contributed by atoms with Crippen LogP contribution in [0, 0.1) is 5.41 Å². The van der Waals surface area contributed by atoms with Gasteiger partial charge in [0, 0.05) is 38.1 Å². The van der Waals surface area contributed by atoms with Gasteiger partial charge in [-0.1, -0.05) is 13.8 Å². The Morgan fingerprint density at radius 2 is 1.92 bits per heavy atom. The zero-order chi connectivity index (χ0) is 9.03. The van der Waals surface area contributed by atoms with E-state index in [4.69, 9.17) is 0 Å². The molecule has 0 saturated carbocycles. The topological polar surface area (TPSA) is 35.2 Å². The zero-order valence-electron chi connectivity index (χ0n) is 8.10. The minimum Gasteiger partial charge on any atom is -0.314 e. The highest BCUT2D eigenvalue weighted by Crippen LogP contribution is 2.15. The van der Waals surface area contributed by atoms with Crippen molar-refractivity contribution in [1.82, 2.24) is 10.2 Å². The molecule has 1 N–H and O–H groups in total. The van der Waals surface area contributed by atoms with Gasteiger partial charge < -0.3 is 10.2 Å². The van der Waals surface area contributed by atoms with Crippen LogP contribution in [0.25, 0.3) is 0 Å². The van der Waals surface area contributed by atoms with Gasteiger partial charge in [-0.25, -0.2) is 5.11 Å². The van der Waals surface area contributed by atoms with Crippen molar-refractivity contribution in [2.45, 2.75) is 13.8 Å². The first-order valence-electron chi connectivity index (χ1n) is 4.65. The van der Waals surface area contributed by atoms with Gasteiger partial charge in [-0.05, 0) is 0 Å². The highest BCUT2D eigenvalue weighted by atomic mass is 16.3. The Labute approximate surface area is 74.8 Å². The van der Waals surface area contributed by atoms with Crippen molar-refractivity contribution in [3.63, 3.8) is 0 Å². The molecule has 1 fully saturated rings. The predicted molar refractivity (Wildman–Crippen MR) is 48.6 cm³/mol. The van der Waals surface area contributed by atoms with E-state index in [2.05, 4.69) is 10.2 Å². The summed E-state index contributed by atoms with van der Waals surface area (Å²) in [7, 11) is 0. The summed E-state index contributed by atoms with van der Waals surface area (Å²) >= 11 is 0. The molecule has 0 spiro atoms. The maximum Gasteiger partial charge on any atom is 0.0885 e. The molecule has 3 nitrogen and oxygen atoms in total. The van der Waals surface area contributed by atoms with Gasteiger partial charge in [0.05, 0.1) is 6.61 Å². The van der Waals surface area contributed by atoms with Gasteiger partial charge >= 0.3 is 0 Å². The quantitative estimate of drug-likeness (QED) is 0.665. The number of nitrogens with one attached hydrogen (secondary N) is 1. The van der Waals surface area contributed by atoms with E-state index in [1.165, 1.54) is 0 Å². The van der Waals surface area contributed by atoms with Crippen LogP contribution in [-0.4, -0.2) is 44.2 Å². The summed E-state index contributed by atoms with van der Waals surface area (Å²) in [6, 6.07) is 0. The van der Waals surface area contributed by atoms with E-state index in [1.54, 1.807) is 0 Å². The fourth-order valence-corrected chi connectivity index (χ4v) is 1.52. The first kappa shape index (κ1) is 9.96. The van der Waals surface area contributed by atoms with E-state index < -0.39 is 0 Å². The molecule has 0 amide bonds. The molecule has 3 heteroatoms. The van der Waals surface area contributed by atoms with E-state index >= 15 is 0 Å². The van der Waals surface area contributed by atoms with Crippen LogP contribution in [-0.2, 0) is 5.11 Å². The summed E-state index contributed by atoms with van der Waals surface area (Å²) in [5, 5.41) is 14.1. The predicted octanol–water partition coefficient (Wildman–Crippen LogP) is 0.348. The normalized spacial score (nSPS) is 21.2. The Kier molecular flexibility index (Phi) is 3.50. The van der Waals surface area contributed by atoms with Gasteiger partial charge in [0.25, 0.3) is 0 Å². The summed E-state index contributed by atoms with van der Waals surface area (Å²) in [6.07, 6.45) is 0. The average molecular weight is 171 g/mol.